The molecule has 0 aliphatic carbocycles. The van der Waals surface area contributed by atoms with Crippen LogP contribution in [0.5, 0.6) is 28.7 Å². The van der Waals surface area contributed by atoms with E-state index in [1.165, 1.54) is 30.3 Å². The number of aliphatic hydroxyl groups is 1. The van der Waals surface area contributed by atoms with Crippen molar-refractivity contribution in [1.29, 1.82) is 0 Å². The Bertz CT molecular complexity index is 700. The Morgan fingerprint density at radius 1 is 0.724 bits per heavy atom. The first-order chi connectivity index (χ1) is 14.0. The molecule has 6 nitrogen and oxygen atoms in total. The lowest BCUT2D eigenvalue weighted by molar-refractivity contribution is 0.0197. The molecule has 0 saturated carbocycles. The van der Waals surface area contributed by atoms with E-state index in [0.717, 1.165) is 0 Å². The molecule has 6 heteroatoms. The zero-order chi connectivity index (χ0) is 23.1. The van der Waals surface area contributed by atoms with Crippen LogP contribution in [0.2, 0.25) is 0 Å². The quantitative estimate of drug-likeness (QED) is 0.389. The summed E-state index contributed by atoms with van der Waals surface area (Å²) in [6.07, 6.45) is -1.56. The van der Waals surface area contributed by atoms with Gasteiger partial charge in [0, 0.05) is 24.1 Å². The Morgan fingerprint density at radius 3 is 1.79 bits per heavy atom. The summed E-state index contributed by atoms with van der Waals surface area (Å²) in [7, 11) is 0. The SMILES string of the molecule is CC.CC.CC.CC.Oc1cc(O)c2c(c1)O[C@H](c1ccc(O)c(O)c1)C(O)C2. The number of ether oxygens (including phenoxy) is 1. The number of aromatic hydroxyl groups is 4. The number of phenols is 4. The maximum absolute atomic E-state index is 10.2. The molecule has 166 valence electrons. The number of rotatable bonds is 1. The predicted octanol–water partition coefficient (Wildman–Crippen LogP) is 5.65. The molecule has 0 aromatic heterocycles. The summed E-state index contributed by atoms with van der Waals surface area (Å²) in [4.78, 5) is 0. The first-order valence-electron chi connectivity index (χ1n) is 10.4. The molecule has 0 fully saturated rings. The van der Waals surface area contributed by atoms with Crippen LogP contribution in [0.4, 0.5) is 0 Å². The van der Waals surface area contributed by atoms with Crippen molar-refractivity contribution in [1.82, 2.24) is 0 Å². The monoisotopic (exact) mass is 410 g/mol. The molecule has 0 bridgehead atoms. The molecule has 29 heavy (non-hydrogen) atoms. The van der Waals surface area contributed by atoms with E-state index in [2.05, 4.69) is 0 Å². The standard InChI is InChI=1S/C15H14O6.4C2H6/c16-8-4-11(18)9-6-13(20)15(21-14(9)5-8)7-1-2-10(17)12(19)3-7;4*1-2/h1-5,13,15-20H,6H2;4*1-2H3/t13?,15-;;;;/m1..../s1. The highest BCUT2D eigenvalue weighted by atomic mass is 16.5. The fourth-order valence-corrected chi connectivity index (χ4v) is 2.47. The molecule has 0 radical (unpaired) electrons. The molecule has 2 aromatic carbocycles. The van der Waals surface area contributed by atoms with Crippen LogP contribution in [0, 0.1) is 0 Å². The molecule has 0 spiro atoms. The molecule has 0 saturated heterocycles. The van der Waals surface area contributed by atoms with Crippen LogP contribution in [-0.4, -0.2) is 31.6 Å². The molecule has 0 amide bonds. The fourth-order valence-electron chi connectivity index (χ4n) is 2.47. The van der Waals surface area contributed by atoms with Crippen molar-refractivity contribution >= 4 is 0 Å². The van der Waals surface area contributed by atoms with Crippen LogP contribution in [0.1, 0.15) is 72.6 Å². The van der Waals surface area contributed by atoms with Crippen molar-refractivity contribution in [3.63, 3.8) is 0 Å². The van der Waals surface area contributed by atoms with Gasteiger partial charge in [-0.15, -0.1) is 0 Å². The molecule has 2 aromatic rings. The van der Waals surface area contributed by atoms with Gasteiger partial charge in [0.15, 0.2) is 11.5 Å². The normalized spacial score (nSPS) is 15.8. The van der Waals surface area contributed by atoms with E-state index < -0.39 is 12.2 Å². The summed E-state index contributed by atoms with van der Waals surface area (Å²) in [5, 5.41) is 48.3. The number of benzene rings is 2. The van der Waals surface area contributed by atoms with E-state index in [-0.39, 0.29) is 35.2 Å². The number of fused-ring (bicyclic) bond motifs is 1. The van der Waals surface area contributed by atoms with Gasteiger partial charge < -0.3 is 30.3 Å². The number of hydrogen-bond donors (Lipinski definition) is 5. The zero-order valence-electron chi connectivity index (χ0n) is 18.9. The van der Waals surface area contributed by atoms with E-state index in [4.69, 9.17) is 4.74 Å². The first-order valence-corrected chi connectivity index (χ1v) is 10.4. The maximum Gasteiger partial charge on any atom is 0.157 e. The van der Waals surface area contributed by atoms with E-state index in [9.17, 15) is 25.5 Å². The minimum absolute atomic E-state index is 0.143. The van der Waals surface area contributed by atoms with E-state index in [0.29, 0.717) is 11.1 Å². The van der Waals surface area contributed by atoms with Crippen molar-refractivity contribution in [2.45, 2.75) is 74.0 Å². The smallest absolute Gasteiger partial charge is 0.157 e. The van der Waals surface area contributed by atoms with Crippen LogP contribution >= 0.6 is 0 Å². The average molecular weight is 411 g/mol. The first kappa shape index (κ1) is 28.6. The van der Waals surface area contributed by atoms with Crippen LogP contribution in [0.3, 0.4) is 0 Å². The summed E-state index contributed by atoms with van der Waals surface area (Å²) < 4.78 is 5.62. The largest absolute Gasteiger partial charge is 0.508 e. The number of hydrogen-bond acceptors (Lipinski definition) is 6. The summed E-state index contributed by atoms with van der Waals surface area (Å²) in [5.41, 5.74) is 0.894. The van der Waals surface area contributed by atoms with Gasteiger partial charge in [-0.05, 0) is 17.7 Å². The molecule has 2 atom stereocenters. The van der Waals surface area contributed by atoms with E-state index in [1.54, 1.807) is 0 Å². The average Bonchev–Trinajstić information content (AvgIpc) is 2.76. The summed E-state index contributed by atoms with van der Waals surface area (Å²) in [5.74, 6) is -0.589. The minimum atomic E-state index is -0.933. The molecule has 1 aliphatic rings. The van der Waals surface area contributed by atoms with E-state index in [1.807, 2.05) is 55.4 Å². The number of phenolic OH excluding ortho intramolecular Hbond substituents is 4. The van der Waals surface area contributed by atoms with Crippen LogP contribution in [-0.2, 0) is 6.42 Å². The molecular formula is C23H38O6. The van der Waals surface area contributed by atoms with Gasteiger partial charge in [-0.2, -0.15) is 0 Å². The molecule has 1 aliphatic heterocycles. The Kier molecular flexibility index (Phi) is 15.1. The predicted molar refractivity (Wildman–Crippen MR) is 118 cm³/mol. The highest BCUT2D eigenvalue weighted by Crippen LogP contribution is 2.42. The fraction of sp³-hybridized carbons (Fsp3) is 0.478. The Hall–Kier alpha value is -2.60. The van der Waals surface area contributed by atoms with Crippen molar-refractivity contribution in [3.8, 4) is 28.7 Å². The zero-order valence-corrected chi connectivity index (χ0v) is 18.9. The van der Waals surface area contributed by atoms with Gasteiger partial charge in [-0.25, -0.2) is 0 Å². The minimum Gasteiger partial charge on any atom is -0.508 e. The highest BCUT2D eigenvalue weighted by Gasteiger charge is 2.32. The van der Waals surface area contributed by atoms with Crippen molar-refractivity contribution in [3.05, 3.63) is 41.5 Å². The number of aliphatic hydroxyl groups excluding tert-OH is 1. The Morgan fingerprint density at radius 2 is 1.28 bits per heavy atom. The van der Waals surface area contributed by atoms with Crippen molar-refractivity contribution in [2.75, 3.05) is 0 Å². The highest BCUT2D eigenvalue weighted by molar-refractivity contribution is 5.52. The maximum atomic E-state index is 10.2. The van der Waals surface area contributed by atoms with Crippen molar-refractivity contribution in [2.24, 2.45) is 0 Å². The lowest BCUT2D eigenvalue weighted by Crippen LogP contribution is -2.30. The lowest BCUT2D eigenvalue weighted by Gasteiger charge is -2.31. The molecule has 5 N–H and O–H groups in total. The second-order valence-corrected chi connectivity index (χ2v) is 5.00. The van der Waals surface area contributed by atoms with Gasteiger partial charge >= 0.3 is 0 Å². The molecular weight excluding hydrogens is 372 g/mol. The second-order valence-electron chi connectivity index (χ2n) is 5.00. The van der Waals surface area contributed by atoms with Gasteiger partial charge in [0.2, 0.25) is 0 Å². The lowest BCUT2D eigenvalue weighted by atomic mass is 9.94. The molecule has 1 heterocycles. The summed E-state index contributed by atoms with van der Waals surface area (Å²) >= 11 is 0. The second kappa shape index (κ2) is 15.3. The third-order valence-corrected chi connectivity index (χ3v) is 3.51. The van der Waals surface area contributed by atoms with Gasteiger partial charge in [-0.1, -0.05) is 61.5 Å². The van der Waals surface area contributed by atoms with Gasteiger partial charge in [0.05, 0.1) is 6.10 Å². The Balaban J connectivity index is 0. The summed E-state index contributed by atoms with van der Waals surface area (Å²) in [6, 6.07) is 6.67. The van der Waals surface area contributed by atoms with Crippen LogP contribution < -0.4 is 4.74 Å². The van der Waals surface area contributed by atoms with Gasteiger partial charge in [-0.3, -0.25) is 0 Å². The Labute approximate surface area is 175 Å². The van der Waals surface area contributed by atoms with Gasteiger partial charge in [0.25, 0.3) is 0 Å². The third-order valence-electron chi connectivity index (χ3n) is 3.51. The van der Waals surface area contributed by atoms with Crippen LogP contribution in [0.25, 0.3) is 0 Å². The third kappa shape index (κ3) is 7.74. The molecule has 1 unspecified atom stereocenters. The molecule has 3 rings (SSSR count). The van der Waals surface area contributed by atoms with Gasteiger partial charge in [0.1, 0.15) is 23.4 Å². The van der Waals surface area contributed by atoms with Crippen LogP contribution in [0.15, 0.2) is 30.3 Å². The van der Waals surface area contributed by atoms with E-state index >= 15 is 0 Å². The topological polar surface area (TPSA) is 110 Å². The van der Waals surface area contributed by atoms with Crippen molar-refractivity contribution < 1.29 is 30.3 Å². The summed E-state index contributed by atoms with van der Waals surface area (Å²) in [6.45, 7) is 16.0.